The number of para-hydroxylation sites is 1. The summed E-state index contributed by atoms with van der Waals surface area (Å²) in [4.78, 5) is 31.7. The number of aromatic nitrogens is 1. The summed E-state index contributed by atoms with van der Waals surface area (Å²) in [7, 11) is 0. The number of aromatic amines is 1. The van der Waals surface area contributed by atoms with Gasteiger partial charge in [-0.3, -0.25) is 9.59 Å². The van der Waals surface area contributed by atoms with E-state index in [0.717, 1.165) is 29.3 Å². The molecule has 166 valence electrons. The van der Waals surface area contributed by atoms with Crippen LogP contribution >= 0.6 is 0 Å². The maximum absolute atomic E-state index is 13.4. The third kappa shape index (κ3) is 6.01. The molecule has 0 bridgehead atoms. The van der Waals surface area contributed by atoms with Crippen LogP contribution in [0, 0.1) is 11.8 Å². The van der Waals surface area contributed by atoms with Gasteiger partial charge in [0.2, 0.25) is 5.91 Å². The van der Waals surface area contributed by atoms with Gasteiger partial charge in [0.05, 0.1) is 0 Å². The monoisotopic (exact) mass is 429 g/mol. The largest absolute Gasteiger partial charge is 0.356 e. The number of hydrogen-bond acceptors (Lipinski definition) is 2. The number of amides is 2. The minimum atomic E-state index is -0.800. The van der Waals surface area contributed by atoms with Crippen LogP contribution in [-0.4, -0.2) is 33.8 Å². The van der Waals surface area contributed by atoms with Crippen LogP contribution in [0.2, 0.25) is 0 Å². The SMILES string of the molecule is CCCCN(C(=O)C#Cc1ccccc1)C(C(=O)NC(C)(C)C)c1cc2ccccc2[nH]1. The fourth-order valence-electron chi connectivity index (χ4n) is 3.53. The molecule has 0 fully saturated rings. The van der Waals surface area contributed by atoms with Crippen molar-refractivity contribution in [2.24, 2.45) is 0 Å². The third-order valence-corrected chi connectivity index (χ3v) is 5.00. The zero-order chi connectivity index (χ0) is 23.1. The Labute approximate surface area is 190 Å². The van der Waals surface area contributed by atoms with E-state index in [0.29, 0.717) is 12.2 Å². The summed E-state index contributed by atoms with van der Waals surface area (Å²) >= 11 is 0. The first-order chi connectivity index (χ1) is 15.3. The van der Waals surface area contributed by atoms with Crippen molar-refractivity contribution in [1.29, 1.82) is 0 Å². The normalized spacial score (nSPS) is 12.0. The lowest BCUT2D eigenvalue weighted by Crippen LogP contribution is -2.49. The fourth-order valence-corrected chi connectivity index (χ4v) is 3.53. The van der Waals surface area contributed by atoms with E-state index in [4.69, 9.17) is 0 Å². The third-order valence-electron chi connectivity index (χ3n) is 5.00. The first-order valence-electron chi connectivity index (χ1n) is 11.1. The molecule has 1 heterocycles. The van der Waals surface area contributed by atoms with Crippen LogP contribution in [-0.2, 0) is 9.59 Å². The lowest BCUT2D eigenvalue weighted by molar-refractivity contribution is -0.138. The topological polar surface area (TPSA) is 65.2 Å². The number of H-pyrrole nitrogens is 1. The van der Waals surface area contributed by atoms with Gasteiger partial charge in [0, 0.05) is 34.8 Å². The van der Waals surface area contributed by atoms with E-state index >= 15 is 0 Å². The van der Waals surface area contributed by atoms with Crippen LogP contribution in [0.25, 0.3) is 10.9 Å². The molecule has 0 aliphatic rings. The van der Waals surface area contributed by atoms with E-state index in [9.17, 15) is 9.59 Å². The van der Waals surface area contributed by atoms with E-state index in [1.54, 1.807) is 4.90 Å². The second kappa shape index (κ2) is 10.2. The molecule has 1 atom stereocenters. The summed E-state index contributed by atoms with van der Waals surface area (Å²) in [5.74, 6) is 5.10. The maximum Gasteiger partial charge on any atom is 0.299 e. The number of carbonyl (C=O) groups is 2. The summed E-state index contributed by atoms with van der Waals surface area (Å²) in [6.07, 6.45) is 1.68. The summed E-state index contributed by atoms with van der Waals surface area (Å²) in [5.41, 5.74) is 1.93. The zero-order valence-electron chi connectivity index (χ0n) is 19.2. The standard InChI is InChI=1S/C27H31N3O2/c1-5-6-18-30(24(31)17-16-20-12-8-7-9-13-20)25(26(32)29-27(2,3)4)23-19-21-14-10-11-15-22(21)28-23/h7-15,19,25,28H,5-6,18H2,1-4H3,(H,29,32). The molecule has 0 spiro atoms. The predicted molar refractivity (Wildman–Crippen MR) is 129 cm³/mol. The fraction of sp³-hybridized carbons (Fsp3) is 0.333. The van der Waals surface area contributed by atoms with E-state index in [1.807, 2.05) is 81.4 Å². The van der Waals surface area contributed by atoms with Gasteiger partial charge in [-0.25, -0.2) is 0 Å². The maximum atomic E-state index is 13.4. The average Bonchev–Trinajstić information content (AvgIpc) is 3.17. The summed E-state index contributed by atoms with van der Waals surface area (Å²) in [5, 5.41) is 4.04. The number of unbranched alkanes of at least 4 members (excludes halogenated alkanes) is 1. The Morgan fingerprint density at radius 3 is 2.41 bits per heavy atom. The summed E-state index contributed by atoms with van der Waals surface area (Å²) in [6.45, 7) is 8.30. The number of carbonyl (C=O) groups excluding carboxylic acids is 2. The van der Waals surface area contributed by atoms with E-state index < -0.39 is 11.6 Å². The molecule has 2 amide bonds. The molecule has 0 aliphatic carbocycles. The number of benzene rings is 2. The molecule has 0 saturated carbocycles. The molecular weight excluding hydrogens is 398 g/mol. The smallest absolute Gasteiger partial charge is 0.299 e. The summed E-state index contributed by atoms with van der Waals surface area (Å²) < 4.78 is 0. The first kappa shape index (κ1) is 23.1. The van der Waals surface area contributed by atoms with Gasteiger partial charge < -0.3 is 15.2 Å². The Morgan fingerprint density at radius 2 is 1.75 bits per heavy atom. The Morgan fingerprint density at radius 1 is 1.06 bits per heavy atom. The number of rotatable bonds is 6. The van der Waals surface area contributed by atoms with Gasteiger partial charge in [-0.05, 0) is 56.8 Å². The van der Waals surface area contributed by atoms with Crippen molar-refractivity contribution < 1.29 is 9.59 Å². The number of fused-ring (bicyclic) bond motifs is 1. The van der Waals surface area contributed by atoms with E-state index in [-0.39, 0.29) is 11.8 Å². The molecule has 2 aromatic carbocycles. The van der Waals surface area contributed by atoms with Crippen LogP contribution < -0.4 is 5.32 Å². The predicted octanol–water partition coefficient (Wildman–Crippen LogP) is 4.80. The molecule has 1 unspecified atom stereocenters. The molecular formula is C27H31N3O2. The Bertz CT molecular complexity index is 1100. The highest BCUT2D eigenvalue weighted by Gasteiger charge is 2.33. The van der Waals surface area contributed by atoms with Gasteiger partial charge in [-0.15, -0.1) is 0 Å². The quantitative estimate of drug-likeness (QED) is 0.553. The van der Waals surface area contributed by atoms with Crippen molar-refractivity contribution in [3.05, 3.63) is 71.9 Å². The lowest BCUT2D eigenvalue weighted by atomic mass is 10.1. The van der Waals surface area contributed by atoms with Crippen molar-refractivity contribution in [3.8, 4) is 11.8 Å². The van der Waals surface area contributed by atoms with Crippen molar-refractivity contribution >= 4 is 22.7 Å². The zero-order valence-corrected chi connectivity index (χ0v) is 19.2. The average molecular weight is 430 g/mol. The molecule has 0 aliphatic heterocycles. The van der Waals surface area contributed by atoms with Crippen molar-refractivity contribution in [1.82, 2.24) is 15.2 Å². The van der Waals surface area contributed by atoms with Gasteiger partial charge in [-0.1, -0.05) is 55.7 Å². The molecule has 5 heteroatoms. The molecule has 32 heavy (non-hydrogen) atoms. The molecule has 5 nitrogen and oxygen atoms in total. The van der Waals surface area contributed by atoms with Crippen LogP contribution in [0.3, 0.4) is 0 Å². The number of nitrogens with one attached hydrogen (secondary N) is 2. The highest BCUT2D eigenvalue weighted by atomic mass is 16.2. The molecule has 2 N–H and O–H groups in total. The highest BCUT2D eigenvalue weighted by Crippen LogP contribution is 2.26. The van der Waals surface area contributed by atoms with Gasteiger partial charge in [0.1, 0.15) is 0 Å². The number of hydrogen-bond donors (Lipinski definition) is 2. The lowest BCUT2D eigenvalue weighted by Gasteiger charge is -2.31. The van der Waals surface area contributed by atoms with Crippen LogP contribution in [0.15, 0.2) is 60.7 Å². The first-order valence-corrected chi connectivity index (χ1v) is 11.1. The second-order valence-electron chi connectivity index (χ2n) is 8.92. The van der Waals surface area contributed by atoms with Crippen LogP contribution in [0.4, 0.5) is 0 Å². The highest BCUT2D eigenvalue weighted by molar-refractivity contribution is 5.98. The minimum Gasteiger partial charge on any atom is -0.356 e. The Hall–Kier alpha value is -3.52. The van der Waals surface area contributed by atoms with Crippen LogP contribution in [0.1, 0.15) is 57.8 Å². The molecule has 3 rings (SSSR count). The number of nitrogens with zero attached hydrogens (tertiary/aromatic N) is 1. The molecule has 0 radical (unpaired) electrons. The van der Waals surface area contributed by atoms with Crippen LogP contribution in [0.5, 0.6) is 0 Å². The Balaban J connectivity index is 2.03. The van der Waals surface area contributed by atoms with Gasteiger partial charge in [0.25, 0.3) is 5.91 Å². The van der Waals surface area contributed by atoms with Gasteiger partial charge in [0.15, 0.2) is 6.04 Å². The van der Waals surface area contributed by atoms with Crippen molar-refractivity contribution in [2.75, 3.05) is 6.54 Å². The van der Waals surface area contributed by atoms with E-state index in [2.05, 4.69) is 29.1 Å². The second-order valence-corrected chi connectivity index (χ2v) is 8.92. The molecule has 0 saturated heterocycles. The summed E-state index contributed by atoms with van der Waals surface area (Å²) in [6, 6.07) is 18.4. The Kier molecular flexibility index (Phi) is 7.37. The van der Waals surface area contributed by atoms with Gasteiger partial charge in [-0.2, -0.15) is 0 Å². The van der Waals surface area contributed by atoms with Gasteiger partial charge >= 0.3 is 0 Å². The van der Waals surface area contributed by atoms with E-state index in [1.165, 1.54) is 0 Å². The van der Waals surface area contributed by atoms with Crippen molar-refractivity contribution in [3.63, 3.8) is 0 Å². The molecule has 1 aromatic heterocycles. The minimum absolute atomic E-state index is 0.227. The molecule has 3 aromatic rings. The van der Waals surface area contributed by atoms with Crippen molar-refractivity contribution in [2.45, 2.75) is 52.1 Å².